The Morgan fingerprint density at radius 3 is 0.637 bits per heavy atom. The molecule has 37 heteroatoms. The van der Waals surface area contributed by atoms with Crippen molar-refractivity contribution in [1.29, 1.82) is 0 Å². The second kappa shape index (κ2) is 52.0. The van der Waals surface area contributed by atoms with Crippen LogP contribution in [0, 0.1) is 0 Å². The van der Waals surface area contributed by atoms with Crippen LogP contribution in [0.15, 0.2) is 11.4 Å². The van der Waals surface area contributed by atoms with E-state index in [4.69, 9.17) is 4.74 Å². The molecule has 0 aromatic rings. The standard InChI is InChI=1S/C65H128F7N7O16S7/c1-9-17-25-32-39-46-54-96(81,82)73(66)62(74(67)97(83,84)55-47-40-33-26-18-10-2)61(63(80)95-53-24-16-8)64(75(68)98(85,86)56-48-41-34-27-19-11-3,76(69)99(87,88)57-49-42-35-28-20-12-4)65(77(70)100(89,90)58-50-43-36-29-21-13-5,78(71)101(91,92)59-51-44-37-30-22-14-6)79(72)102(93,94)60-52-45-38-31-23-15-7/h9-60H2,1-8H3. The summed E-state index contributed by atoms with van der Waals surface area (Å²) in [6.07, 6.45) is 2.03. The summed E-state index contributed by atoms with van der Waals surface area (Å²) in [6, 6.07) is 0. The highest BCUT2D eigenvalue weighted by Crippen LogP contribution is 2.56. The summed E-state index contributed by atoms with van der Waals surface area (Å²) in [5.74, 6) is -27.2. The molecule has 0 heterocycles. The van der Waals surface area contributed by atoms with Crippen LogP contribution in [-0.2, 0) is 79.7 Å². The molecule has 0 saturated carbocycles. The number of hydrogen-bond acceptors (Lipinski definition) is 16. The molecule has 610 valence electrons. The summed E-state index contributed by atoms with van der Waals surface area (Å²) in [5, 5.41) is 0. The van der Waals surface area contributed by atoms with Gasteiger partial charge in [-0.15, -0.1) is 22.4 Å². The first-order chi connectivity index (χ1) is 48.0. The molecular weight excluding hydrogens is 1490 g/mol. The van der Waals surface area contributed by atoms with Gasteiger partial charge in [-0.2, -0.15) is 0 Å². The van der Waals surface area contributed by atoms with E-state index in [9.17, 15) is 16.8 Å². The van der Waals surface area contributed by atoms with Crippen LogP contribution in [0.3, 0.4) is 0 Å². The Labute approximate surface area is 611 Å². The molecule has 0 N–H and O–H groups in total. The van der Waals surface area contributed by atoms with Crippen LogP contribution >= 0.6 is 0 Å². The van der Waals surface area contributed by atoms with Crippen molar-refractivity contribution in [3.8, 4) is 0 Å². The van der Waals surface area contributed by atoms with Gasteiger partial charge in [0.1, 0.15) is 5.57 Å². The molecule has 0 aliphatic carbocycles. The molecule has 0 radical (unpaired) electrons. The maximum Gasteiger partial charge on any atom is 0.341 e. The van der Waals surface area contributed by atoms with Crippen LogP contribution in [0.25, 0.3) is 0 Å². The van der Waals surface area contributed by atoms with E-state index in [1.54, 1.807) is 34.6 Å². The molecule has 102 heavy (non-hydrogen) atoms. The zero-order valence-electron chi connectivity index (χ0n) is 62.4. The second-order valence-electron chi connectivity index (χ2n) is 26.6. The first kappa shape index (κ1) is 99.8. The summed E-state index contributed by atoms with van der Waals surface area (Å²) in [6.45, 7) is 12.5. The van der Waals surface area contributed by atoms with Gasteiger partial charge in [-0.25, -0.2) is 63.7 Å². The molecule has 0 aliphatic rings. The number of ether oxygens (including phenoxy) is 1. The number of nitrogens with zero attached hydrogens (tertiary/aromatic N) is 7. The summed E-state index contributed by atoms with van der Waals surface area (Å²) in [7, 11) is -48.5. The number of rotatable bonds is 69. The third-order valence-corrected chi connectivity index (χ3v) is 28.2. The lowest BCUT2D eigenvalue weighted by Gasteiger charge is -2.54. The molecule has 0 spiro atoms. The van der Waals surface area contributed by atoms with Gasteiger partial charge in [-0.05, 0) is 60.4 Å². The van der Waals surface area contributed by atoms with E-state index in [1.807, 2.05) is 13.8 Å². The smallest absolute Gasteiger partial charge is 0.341 e. The maximum absolute atomic E-state index is 20.3. The van der Waals surface area contributed by atoms with Crippen molar-refractivity contribution in [1.82, 2.24) is 31.7 Å². The summed E-state index contributed by atoms with van der Waals surface area (Å²) in [5.41, 5.74) is -10.8. The quantitative estimate of drug-likeness (QED) is 0.0136. The molecule has 0 amide bonds. The molecule has 0 bridgehead atoms. The minimum Gasteiger partial charge on any atom is -0.462 e. The summed E-state index contributed by atoms with van der Waals surface area (Å²) < 4.78 is 342. The van der Waals surface area contributed by atoms with Gasteiger partial charge in [-0.3, -0.25) is 0 Å². The van der Waals surface area contributed by atoms with Gasteiger partial charge in [0.15, 0.2) is 0 Å². The summed E-state index contributed by atoms with van der Waals surface area (Å²) in [4.78, 5) is 16.1. The van der Waals surface area contributed by atoms with Crippen LogP contribution in [0.1, 0.15) is 338 Å². The predicted molar refractivity (Wildman–Crippen MR) is 389 cm³/mol. The van der Waals surface area contributed by atoms with Gasteiger partial charge in [-0.1, -0.05) is 305 Å². The molecule has 0 aromatic carbocycles. The Balaban J connectivity index is 11.9. The predicted octanol–water partition coefficient (Wildman–Crippen LogP) is 17.0. The maximum atomic E-state index is 20.3. The van der Waals surface area contributed by atoms with Gasteiger partial charge in [0.05, 0.1) is 46.9 Å². The van der Waals surface area contributed by atoms with Crippen molar-refractivity contribution in [2.24, 2.45) is 0 Å². The van der Waals surface area contributed by atoms with Crippen molar-refractivity contribution < 1.29 is 99.8 Å². The highest BCUT2D eigenvalue weighted by atomic mass is 32.2. The number of halogens is 7. The van der Waals surface area contributed by atoms with E-state index in [0.717, 1.165) is 0 Å². The highest BCUT2D eigenvalue weighted by molar-refractivity contribution is 7.91. The number of sulfonamides is 7. The Bertz CT molecular complexity index is 2940. The van der Waals surface area contributed by atoms with E-state index in [0.29, 0.717) is 135 Å². The Hall–Kier alpha value is -2.23. The van der Waals surface area contributed by atoms with Crippen LogP contribution in [0.2, 0.25) is 0 Å². The van der Waals surface area contributed by atoms with E-state index in [2.05, 4.69) is 0 Å². The van der Waals surface area contributed by atoms with Crippen molar-refractivity contribution >= 4 is 76.1 Å². The largest absolute Gasteiger partial charge is 0.462 e. The normalized spacial score (nSPS) is 13.4. The average Bonchev–Trinajstić information content (AvgIpc) is 0.665. The lowest BCUT2D eigenvalue weighted by atomic mass is 9.93. The minimum atomic E-state index is -7.14. The van der Waals surface area contributed by atoms with Crippen LogP contribution in [0.5, 0.6) is 0 Å². The van der Waals surface area contributed by atoms with E-state index in [1.165, 1.54) is 6.92 Å². The SMILES string of the molecule is CCCCCCCCS(=O)(=O)N(F)C(=C(C(=O)OCCCC)C(N(F)S(=O)(=O)CCCCCCCC)(N(F)S(=O)(=O)CCCCCCCC)C(N(F)S(=O)(=O)CCCCCCCC)(N(F)S(=O)(=O)CCCCCCCC)N(F)S(=O)(=O)CCCCCCCC)N(F)S(=O)(=O)CCCCCCCC. The average molecular weight is 1620 g/mol. The Kier molecular flexibility index (Phi) is 50.8. The fraction of sp³-hybridized carbons (Fsp3) is 0.954. The van der Waals surface area contributed by atoms with E-state index >= 15 is 78.3 Å². The molecule has 0 fully saturated rings. The van der Waals surface area contributed by atoms with Gasteiger partial charge in [0.2, 0.25) is 55.9 Å². The van der Waals surface area contributed by atoms with Gasteiger partial charge in [0, 0.05) is 13.6 Å². The first-order valence-electron chi connectivity index (χ1n) is 37.7. The van der Waals surface area contributed by atoms with E-state index < -0.39 is 229 Å². The van der Waals surface area contributed by atoms with Crippen molar-refractivity contribution in [2.75, 3.05) is 46.9 Å². The second-order valence-corrected chi connectivity index (χ2v) is 39.8. The zero-order chi connectivity index (χ0) is 77.8. The molecule has 0 saturated heterocycles. The van der Waals surface area contributed by atoms with Crippen LogP contribution in [-0.4, -0.2) is 155 Å². The number of carbonyl (C=O) groups is 1. The van der Waals surface area contributed by atoms with E-state index in [-0.39, 0.29) is 96.3 Å². The number of esters is 1. The fourth-order valence-corrected chi connectivity index (χ4v) is 21.0. The Morgan fingerprint density at radius 1 is 0.255 bits per heavy atom. The van der Waals surface area contributed by atoms with Gasteiger partial charge >= 0.3 is 11.8 Å². The summed E-state index contributed by atoms with van der Waals surface area (Å²) >= 11 is 0. The fourth-order valence-electron chi connectivity index (χ4n) is 11.5. The molecule has 0 rings (SSSR count). The zero-order valence-corrected chi connectivity index (χ0v) is 68.2. The topological polar surface area (TPSA) is 288 Å². The Morgan fingerprint density at radius 2 is 0.431 bits per heavy atom. The molecular formula is C65H128F7N7O16S7. The van der Waals surface area contributed by atoms with Crippen molar-refractivity contribution in [2.45, 2.75) is 349 Å². The molecule has 0 atom stereocenters. The number of hydrogen-bond donors (Lipinski definition) is 0. The lowest BCUT2D eigenvalue weighted by Crippen LogP contribution is -2.86. The molecule has 0 unspecified atom stereocenters. The van der Waals surface area contributed by atoms with Crippen LogP contribution < -0.4 is 0 Å². The van der Waals surface area contributed by atoms with Gasteiger partial charge < -0.3 is 4.74 Å². The van der Waals surface area contributed by atoms with Gasteiger partial charge in [0.25, 0.3) is 25.7 Å². The number of unbranched alkanes of at least 4 members (excludes halogenated alkanes) is 36. The number of carbonyl (C=O) groups excluding carboxylic acids is 1. The highest BCUT2D eigenvalue weighted by Gasteiger charge is 2.85. The molecule has 23 nitrogen and oxygen atoms in total. The van der Waals surface area contributed by atoms with Crippen molar-refractivity contribution in [3.63, 3.8) is 0 Å². The van der Waals surface area contributed by atoms with Crippen molar-refractivity contribution in [3.05, 3.63) is 11.4 Å². The molecule has 0 aliphatic heterocycles. The lowest BCUT2D eigenvalue weighted by molar-refractivity contribution is -0.333. The minimum absolute atomic E-state index is 0.0467. The first-order valence-corrected chi connectivity index (χ1v) is 49.0. The third kappa shape index (κ3) is 32.1. The monoisotopic (exact) mass is 1620 g/mol. The molecule has 0 aromatic heterocycles. The third-order valence-electron chi connectivity index (χ3n) is 17.6. The van der Waals surface area contributed by atoms with Crippen LogP contribution in [0.4, 0.5) is 31.4 Å².